The zero-order chi connectivity index (χ0) is 22.0. The summed E-state index contributed by atoms with van der Waals surface area (Å²) in [5.74, 6) is 0.214. The van der Waals surface area contributed by atoms with Crippen LogP contribution in [0.3, 0.4) is 0 Å². The van der Waals surface area contributed by atoms with Crippen molar-refractivity contribution in [3.05, 3.63) is 65.0 Å². The summed E-state index contributed by atoms with van der Waals surface area (Å²) < 4.78 is 19.8. The third-order valence-corrected chi connectivity index (χ3v) is 7.13. The van der Waals surface area contributed by atoms with Crippen LogP contribution in [-0.4, -0.2) is 41.7 Å². The Balaban J connectivity index is 1.53. The lowest BCUT2D eigenvalue weighted by atomic mass is 9.66. The van der Waals surface area contributed by atoms with E-state index in [0.29, 0.717) is 6.42 Å². The largest absolute Gasteiger partial charge is 0.497 e. The Morgan fingerprint density at radius 1 is 1.10 bits per heavy atom. The van der Waals surface area contributed by atoms with Gasteiger partial charge < -0.3 is 14.7 Å². The summed E-state index contributed by atoms with van der Waals surface area (Å²) in [6.07, 6.45) is 6.22. The van der Waals surface area contributed by atoms with Gasteiger partial charge in [-0.05, 0) is 92.7 Å². The second-order valence-electron chi connectivity index (χ2n) is 9.14. The number of methoxy groups -OCH3 is 1. The molecule has 0 unspecified atom stereocenters. The van der Waals surface area contributed by atoms with Crippen LogP contribution in [0.15, 0.2) is 42.5 Å². The smallest absolute Gasteiger partial charge is 0.257 e. The molecule has 2 fully saturated rings. The maximum atomic E-state index is 14.5. The number of carbonyl (C=O) groups excluding carboxylic acids is 1. The minimum Gasteiger partial charge on any atom is -0.497 e. The van der Waals surface area contributed by atoms with Gasteiger partial charge in [0.05, 0.1) is 12.7 Å². The fourth-order valence-corrected chi connectivity index (χ4v) is 5.19. The molecule has 0 saturated heterocycles. The molecular formula is C26H32FNO3. The van der Waals surface area contributed by atoms with Crippen LogP contribution < -0.4 is 4.74 Å². The molecule has 0 aromatic heterocycles. The quantitative estimate of drug-likeness (QED) is 0.678. The molecule has 0 heterocycles. The van der Waals surface area contributed by atoms with E-state index in [0.717, 1.165) is 49.8 Å². The van der Waals surface area contributed by atoms with E-state index < -0.39 is 5.82 Å². The van der Waals surface area contributed by atoms with Crippen LogP contribution in [0.5, 0.6) is 5.75 Å². The zero-order valence-electron chi connectivity index (χ0n) is 18.4. The number of amides is 1. The van der Waals surface area contributed by atoms with Crippen LogP contribution in [0.25, 0.3) is 0 Å². The molecule has 5 heteroatoms. The molecule has 166 valence electrons. The molecule has 31 heavy (non-hydrogen) atoms. The molecule has 0 radical (unpaired) electrons. The van der Waals surface area contributed by atoms with E-state index >= 15 is 0 Å². The van der Waals surface area contributed by atoms with E-state index in [1.165, 1.54) is 11.6 Å². The number of aliphatic hydroxyl groups excluding tert-OH is 1. The Labute approximate surface area is 184 Å². The van der Waals surface area contributed by atoms with E-state index in [4.69, 9.17) is 4.74 Å². The number of nitrogens with zero attached hydrogens (tertiary/aromatic N) is 1. The Bertz CT molecular complexity index is 915. The number of halogens is 1. The van der Waals surface area contributed by atoms with Crippen molar-refractivity contribution in [3.63, 3.8) is 0 Å². The SMILES string of the molecule is COc1ccc(C2(CCO)CCC(N(C(=O)c3ccc(C)cc3F)C3CC3)CC2)cc1. The Hall–Kier alpha value is -2.40. The molecule has 0 bridgehead atoms. The normalized spacial score (nSPS) is 23.4. The van der Waals surface area contributed by atoms with Crippen molar-refractivity contribution < 1.29 is 19.0 Å². The van der Waals surface area contributed by atoms with E-state index in [2.05, 4.69) is 12.1 Å². The molecule has 4 nitrogen and oxygen atoms in total. The first-order valence-electron chi connectivity index (χ1n) is 11.3. The fourth-order valence-electron chi connectivity index (χ4n) is 5.19. The highest BCUT2D eigenvalue weighted by atomic mass is 19.1. The highest BCUT2D eigenvalue weighted by Crippen LogP contribution is 2.45. The highest BCUT2D eigenvalue weighted by molar-refractivity contribution is 5.95. The summed E-state index contributed by atoms with van der Waals surface area (Å²) >= 11 is 0. The lowest BCUT2D eigenvalue weighted by Gasteiger charge is -2.44. The van der Waals surface area contributed by atoms with Crippen molar-refractivity contribution in [1.29, 1.82) is 0 Å². The molecule has 2 aliphatic carbocycles. The topological polar surface area (TPSA) is 49.8 Å². The third kappa shape index (κ3) is 4.47. The van der Waals surface area contributed by atoms with Crippen molar-refractivity contribution in [1.82, 2.24) is 4.90 Å². The van der Waals surface area contributed by atoms with E-state index in [1.807, 2.05) is 24.0 Å². The van der Waals surface area contributed by atoms with Crippen molar-refractivity contribution in [3.8, 4) is 5.75 Å². The van der Waals surface area contributed by atoms with Gasteiger partial charge >= 0.3 is 0 Å². The Morgan fingerprint density at radius 2 is 1.74 bits per heavy atom. The first kappa shape index (κ1) is 21.8. The maximum absolute atomic E-state index is 14.5. The third-order valence-electron chi connectivity index (χ3n) is 7.13. The highest BCUT2D eigenvalue weighted by Gasteiger charge is 2.43. The van der Waals surface area contributed by atoms with Gasteiger partial charge in [-0.1, -0.05) is 18.2 Å². The summed E-state index contributed by atoms with van der Waals surface area (Å²) in [5.41, 5.74) is 2.12. The zero-order valence-corrected chi connectivity index (χ0v) is 18.4. The van der Waals surface area contributed by atoms with Gasteiger partial charge in [-0.2, -0.15) is 0 Å². The van der Waals surface area contributed by atoms with Crippen LogP contribution in [-0.2, 0) is 5.41 Å². The van der Waals surface area contributed by atoms with Crippen molar-refractivity contribution in [2.45, 2.75) is 69.4 Å². The van der Waals surface area contributed by atoms with Crippen LogP contribution in [0, 0.1) is 12.7 Å². The van der Waals surface area contributed by atoms with Crippen molar-refractivity contribution >= 4 is 5.91 Å². The predicted octanol–water partition coefficient (Wildman–Crippen LogP) is 5.01. The van der Waals surface area contributed by atoms with Crippen LogP contribution >= 0.6 is 0 Å². The number of hydrogen-bond donors (Lipinski definition) is 1. The lowest BCUT2D eigenvalue weighted by molar-refractivity contribution is 0.0546. The van der Waals surface area contributed by atoms with Gasteiger partial charge in [0.15, 0.2) is 0 Å². The summed E-state index contributed by atoms with van der Waals surface area (Å²) in [4.78, 5) is 15.3. The van der Waals surface area contributed by atoms with E-state index in [-0.39, 0.29) is 35.6 Å². The predicted molar refractivity (Wildman–Crippen MR) is 119 cm³/mol. The monoisotopic (exact) mass is 425 g/mol. The average Bonchev–Trinajstić information content (AvgIpc) is 3.60. The molecule has 2 aliphatic rings. The van der Waals surface area contributed by atoms with Crippen LogP contribution in [0.4, 0.5) is 4.39 Å². The van der Waals surface area contributed by atoms with Gasteiger partial charge in [-0.3, -0.25) is 4.79 Å². The molecule has 0 spiro atoms. The number of rotatable bonds is 7. The molecule has 1 N–H and O–H groups in total. The molecule has 2 aromatic carbocycles. The minimum absolute atomic E-state index is 0.0924. The van der Waals surface area contributed by atoms with Crippen LogP contribution in [0.2, 0.25) is 0 Å². The summed E-state index contributed by atoms with van der Waals surface area (Å²) in [6, 6.07) is 13.4. The molecule has 4 rings (SSSR count). The number of aryl methyl sites for hydroxylation is 1. The first-order valence-corrected chi connectivity index (χ1v) is 11.3. The summed E-state index contributed by atoms with van der Waals surface area (Å²) in [5, 5.41) is 9.78. The first-order chi connectivity index (χ1) is 15.0. The summed E-state index contributed by atoms with van der Waals surface area (Å²) in [7, 11) is 1.66. The Kier molecular flexibility index (Phi) is 6.33. The summed E-state index contributed by atoms with van der Waals surface area (Å²) in [6.45, 7) is 1.97. The average molecular weight is 426 g/mol. The Morgan fingerprint density at radius 3 is 2.29 bits per heavy atom. The van der Waals surface area contributed by atoms with Gasteiger partial charge in [-0.15, -0.1) is 0 Å². The molecule has 2 aromatic rings. The van der Waals surface area contributed by atoms with Gasteiger partial charge in [-0.25, -0.2) is 4.39 Å². The second-order valence-corrected chi connectivity index (χ2v) is 9.14. The maximum Gasteiger partial charge on any atom is 0.257 e. The van der Waals surface area contributed by atoms with E-state index in [9.17, 15) is 14.3 Å². The molecule has 2 saturated carbocycles. The molecule has 0 atom stereocenters. The van der Waals surface area contributed by atoms with Gasteiger partial charge in [0, 0.05) is 18.7 Å². The fraction of sp³-hybridized carbons (Fsp3) is 0.500. The van der Waals surface area contributed by atoms with Gasteiger partial charge in [0.25, 0.3) is 5.91 Å². The second kappa shape index (κ2) is 8.99. The van der Waals surface area contributed by atoms with Gasteiger partial charge in [0.1, 0.15) is 11.6 Å². The van der Waals surface area contributed by atoms with E-state index in [1.54, 1.807) is 19.2 Å². The van der Waals surface area contributed by atoms with Crippen LogP contribution in [0.1, 0.15) is 66.4 Å². The number of benzene rings is 2. The molecule has 1 amide bonds. The standard InChI is InChI=1S/C26H32FNO3/c1-18-3-10-23(24(27)17-18)25(30)28(20-6-7-20)21-11-13-26(14-12-21,15-16-29)19-4-8-22(31-2)9-5-19/h3-5,8-10,17,20-21,29H,6-7,11-16H2,1-2H3. The number of ether oxygens (including phenoxy) is 1. The van der Waals surface area contributed by atoms with Gasteiger partial charge in [0.2, 0.25) is 0 Å². The number of carbonyl (C=O) groups is 1. The van der Waals surface area contributed by atoms with Crippen molar-refractivity contribution in [2.75, 3.05) is 13.7 Å². The number of aliphatic hydroxyl groups is 1. The molecular weight excluding hydrogens is 393 g/mol. The lowest BCUT2D eigenvalue weighted by Crippen LogP contribution is -2.47. The van der Waals surface area contributed by atoms with Crippen molar-refractivity contribution in [2.24, 2.45) is 0 Å². The minimum atomic E-state index is -0.431. The number of hydrogen-bond acceptors (Lipinski definition) is 3. The molecule has 0 aliphatic heterocycles.